The fourth-order valence-electron chi connectivity index (χ4n) is 3.15. The first-order valence-electron chi connectivity index (χ1n) is 9.95. The third kappa shape index (κ3) is 5.11. The lowest BCUT2D eigenvalue weighted by Gasteiger charge is -2.11. The number of rotatable bonds is 6. The third-order valence-electron chi connectivity index (χ3n) is 4.70. The highest BCUT2D eigenvalue weighted by molar-refractivity contribution is 7.90. The van der Waals surface area contributed by atoms with Gasteiger partial charge in [0, 0.05) is 18.7 Å². The molecule has 0 saturated heterocycles. The molecule has 0 saturated carbocycles. The molecule has 0 unspecified atom stereocenters. The molecule has 0 spiro atoms. The predicted molar refractivity (Wildman–Crippen MR) is 120 cm³/mol. The SMILES string of the molecule is O=C(Cn1nnn(-c2cccs2)c1=O)Nc1cccc(S(=O)(=O)NC2=NCCCCC2)c1. The zero-order chi connectivity index (χ0) is 22.6. The van der Waals surface area contributed by atoms with E-state index in [0.717, 1.165) is 28.6 Å². The number of hydrogen-bond acceptors (Lipinski definition) is 8. The van der Waals surface area contributed by atoms with E-state index in [-0.39, 0.29) is 17.1 Å². The minimum Gasteiger partial charge on any atom is -0.324 e. The van der Waals surface area contributed by atoms with Crippen LogP contribution in [-0.4, -0.2) is 46.5 Å². The number of amides is 1. The summed E-state index contributed by atoms with van der Waals surface area (Å²) in [6.45, 7) is 0.237. The molecule has 2 N–H and O–H groups in total. The van der Waals surface area contributed by atoms with Crippen molar-refractivity contribution in [2.75, 3.05) is 11.9 Å². The van der Waals surface area contributed by atoms with Gasteiger partial charge >= 0.3 is 5.69 Å². The summed E-state index contributed by atoms with van der Waals surface area (Å²) in [6.07, 6.45) is 3.42. The van der Waals surface area contributed by atoms with Gasteiger partial charge in [-0.3, -0.25) is 14.5 Å². The first-order valence-corrected chi connectivity index (χ1v) is 12.3. The molecule has 0 atom stereocenters. The maximum Gasteiger partial charge on any atom is 0.369 e. The van der Waals surface area contributed by atoms with Crippen LogP contribution in [0.1, 0.15) is 25.7 Å². The lowest BCUT2D eigenvalue weighted by atomic mass is 10.2. The Bertz CT molecular complexity index is 1290. The molecule has 1 aromatic carbocycles. The Balaban J connectivity index is 1.44. The van der Waals surface area contributed by atoms with E-state index >= 15 is 0 Å². The third-order valence-corrected chi connectivity index (χ3v) is 6.92. The van der Waals surface area contributed by atoms with E-state index in [9.17, 15) is 18.0 Å². The molecule has 3 heterocycles. The van der Waals surface area contributed by atoms with Crippen LogP contribution in [0.2, 0.25) is 0 Å². The normalized spacial score (nSPS) is 14.4. The van der Waals surface area contributed by atoms with Crippen LogP contribution in [0.5, 0.6) is 0 Å². The lowest BCUT2D eigenvalue weighted by molar-refractivity contribution is -0.117. The highest BCUT2D eigenvalue weighted by Gasteiger charge is 2.18. The van der Waals surface area contributed by atoms with Gasteiger partial charge in [0.1, 0.15) is 17.4 Å². The van der Waals surface area contributed by atoms with E-state index in [4.69, 9.17) is 0 Å². The van der Waals surface area contributed by atoms with Gasteiger partial charge in [-0.2, -0.15) is 9.36 Å². The summed E-state index contributed by atoms with van der Waals surface area (Å²) in [4.78, 5) is 29.1. The summed E-state index contributed by atoms with van der Waals surface area (Å²) in [5.41, 5.74) is -0.272. The van der Waals surface area contributed by atoms with Crippen molar-refractivity contribution in [3.05, 3.63) is 52.3 Å². The standard InChI is InChI=1S/C19H21N7O4S2/c27-17(13-25-19(28)26(24-23-25)18-9-5-11-31-18)21-14-6-4-7-15(12-14)32(29,30)22-16-8-2-1-3-10-20-16/h4-7,9,11-12H,1-3,8,10,13H2,(H,20,22)(H,21,27). The van der Waals surface area contributed by atoms with E-state index < -0.39 is 21.6 Å². The Labute approximate surface area is 187 Å². The van der Waals surface area contributed by atoms with Crippen LogP contribution in [0.4, 0.5) is 5.69 Å². The van der Waals surface area contributed by atoms with E-state index in [2.05, 4.69) is 25.5 Å². The van der Waals surface area contributed by atoms with Gasteiger partial charge in [0.2, 0.25) is 5.91 Å². The Morgan fingerprint density at radius 2 is 2.00 bits per heavy atom. The average molecular weight is 476 g/mol. The number of hydrogen-bond donors (Lipinski definition) is 2. The number of carbonyl (C=O) groups is 1. The monoisotopic (exact) mass is 475 g/mol. The van der Waals surface area contributed by atoms with E-state index in [1.807, 2.05) is 0 Å². The second kappa shape index (κ2) is 9.44. The van der Waals surface area contributed by atoms with Crippen LogP contribution < -0.4 is 15.7 Å². The van der Waals surface area contributed by atoms with Gasteiger partial charge in [0.25, 0.3) is 10.0 Å². The van der Waals surface area contributed by atoms with Gasteiger partial charge in [-0.25, -0.2) is 13.2 Å². The maximum absolute atomic E-state index is 12.7. The van der Waals surface area contributed by atoms with Gasteiger partial charge in [-0.05, 0) is 59.0 Å². The first-order chi connectivity index (χ1) is 15.4. The molecule has 4 rings (SSSR count). The maximum atomic E-state index is 12.7. The lowest BCUT2D eigenvalue weighted by Crippen LogP contribution is -2.31. The zero-order valence-corrected chi connectivity index (χ0v) is 18.6. The van der Waals surface area contributed by atoms with Crippen LogP contribution in [0.15, 0.2) is 56.5 Å². The number of benzene rings is 1. The highest BCUT2D eigenvalue weighted by atomic mass is 32.2. The molecule has 2 aromatic heterocycles. The van der Waals surface area contributed by atoms with Crippen molar-refractivity contribution in [3.63, 3.8) is 0 Å². The summed E-state index contributed by atoms with van der Waals surface area (Å²) in [6, 6.07) is 9.36. The Morgan fingerprint density at radius 1 is 1.12 bits per heavy atom. The van der Waals surface area contributed by atoms with Crippen molar-refractivity contribution < 1.29 is 13.2 Å². The van der Waals surface area contributed by atoms with Crippen LogP contribution in [0.25, 0.3) is 5.00 Å². The van der Waals surface area contributed by atoms with Crippen molar-refractivity contribution in [3.8, 4) is 5.00 Å². The largest absolute Gasteiger partial charge is 0.369 e. The van der Waals surface area contributed by atoms with Crippen molar-refractivity contribution in [1.82, 2.24) is 24.5 Å². The van der Waals surface area contributed by atoms with Crippen molar-refractivity contribution in [2.24, 2.45) is 4.99 Å². The minimum absolute atomic E-state index is 0.00283. The molecule has 0 fully saturated rings. The van der Waals surface area contributed by atoms with Gasteiger partial charge in [-0.1, -0.05) is 12.5 Å². The van der Waals surface area contributed by atoms with Crippen LogP contribution in [0, 0.1) is 0 Å². The van der Waals surface area contributed by atoms with Crippen LogP contribution in [-0.2, 0) is 21.4 Å². The number of anilines is 1. The smallest absolute Gasteiger partial charge is 0.324 e. The van der Waals surface area contributed by atoms with Crippen LogP contribution in [0.3, 0.4) is 0 Å². The average Bonchev–Trinajstić information content (AvgIpc) is 3.33. The number of amidine groups is 1. The Kier molecular flexibility index (Phi) is 6.46. The van der Waals surface area contributed by atoms with Crippen LogP contribution >= 0.6 is 11.3 Å². The number of aliphatic imine (C=N–C) groups is 1. The van der Waals surface area contributed by atoms with Gasteiger partial charge in [-0.15, -0.1) is 11.3 Å². The quantitative estimate of drug-likeness (QED) is 0.552. The first kappa shape index (κ1) is 21.9. The predicted octanol–water partition coefficient (Wildman–Crippen LogP) is 1.38. The minimum atomic E-state index is -3.83. The molecular formula is C19H21N7O4S2. The molecule has 0 radical (unpaired) electrons. The number of aromatic nitrogens is 4. The summed E-state index contributed by atoms with van der Waals surface area (Å²) < 4.78 is 30.0. The number of sulfonamides is 1. The second-order valence-electron chi connectivity index (χ2n) is 7.10. The highest BCUT2D eigenvalue weighted by Crippen LogP contribution is 2.17. The summed E-state index contributed by atoms with van der Waals surface area (Å²) in [5, 5.41) is 12.5. The number of carbonyl (C=O) groups excluding carboxylic acids is 1. The van der Waals surface area contributed by atoms with Crippen molar-refractivity contribution >= 4 is 38.8 Å². The molecule has 1 aliphatic rings. The van der Waals surface area contributed by atoms with Crippen molar-refractivity contribution in [2.45, 2.75) is 37.1 Å². The molecule has 0 aliphatic carbocycles. The molecule has 13 heteroatoms. The molecule has 1 amide bonds. The molecule has 1 aliphatic heterocycles. The zero-order valence-electron chi connectivity index (χ0n) is 17.0. The van der Waals surface area contributed by atoms with Gasteiger partial charge in [0.15, 0.2) is 0 Å². The Morgan fingerprint density at radius 3 is 2.81 bits per heavy atom. The van der Waals surface area contributed by atoms with Crippen molar-refractivity contribution in [1.29, 1.82) is 0 Å². The van der Waals surface area contributed by atoms with E-state index in [1.165, 1.54) is 29.5 Å². The molecule has 32 heavy (non-hydrogen) atoms. The topological polar surface area (TPSA) is 140 Å². The summed E-state index contributed by atoms with van der Waals surface area (Å²) in [7, 11) is -3.83. The number of thiophene rings is 1. The Hall–Kier alpha value is -3.32. The molecule has 0 bridgehead atoms. The molecule has 3 aromatic rings. The second-order valence-corrected chi connectivity index (χ2v) is 9.71. The number of nitrogens with one attached hydrogen (secondary N) is 2. The van der Waals surface area contributed by atoms with E-state index in [1.54, 1.807) is 23.6 Å². The van der Waals surface area contributed by atoms with Gasteiger partial charge < -0.3 is 5.32 Å². The molecule has 11 nitrogen and oxygen atoms in total. The molecule has 168 valence electrons. The number of nitrogens with zero attached hydrogens (tertiary/aromatic N) is 5. The summed E-state index contributed by atoms with van der Waals surface area (Å²) >= 11 is 1.32. The molecular weight excluding hydrogens is 454 g/mol. The summed E-state index contributed by atoms with van der Waals surface area (Å²) in [5.74, 6) is -0.0916. The van der Waals surface area contributed by atoms with E-state index in [0.29, 0.717) is 23.8 Å². The van der Waals surface area contributed by atoms with Gasteiger partial charge in [0.05, 0.1) is 4.90 Å². The fraction of sp³-hybridized carbons (Fsp3) is 0.316. The fourth-order valence-corrected chi connectivity index (χ4v) is 4.95. The number of tetrazole rings is 1.